The van der Waals surface area contributed by atoms with Crippen molar-refractivity contribution in [2.24, 2.45) is 7.05 Å². The predicted molar refractivity (Wildman–Crippen MR) is 56.6 cm³/mol. The van der Waals surface area contributed by atoms with Crippen molar-refractivity contribution in [3.63, 3.8) is 0 Å². The number of anilines is 1. The summed E-state index contributed by atoms with van der Waals surface area (Å²) in [4.78, 5) is 0. The van der Waals surface area contributed by atoms with Gasteiger partial charge in [-0.3, -0.25) is 4.68 Å². The van der Waals surface area contributed by atoms with Gasteiger partial charge in [-0.15, -0.1) is 6.58 Å². The van der Waals surface area contributed by atoms with Crippen LogP contribution in [0.4, 0.5) is 5.82 Å². The molecule has 0 aromatic carbocycles. The third-order valence-corrected chi connectivity index (χ3v) is 1.74. The molecular weight excluding hydrogens is 162 g/mol. The first-order chi connectivity index (χ1) is 6.15. The molecule has 1 N–H and O–H groups in total. The summed E-state index contributed by atoms with van der Waals surface area (Å²) in [7, 11) is 1.90. The van der Waals surface area contributed by atoms with E-state index in [2.05, 4.69) is 23.6 Å². The van der Waals surface area contributed by atoms with Gasteiger partial charge in [-0.05, 0) is 12.5 Å². The van der Waals surface area contributed by atoms with E-state index in [0.717, 1.165) is 23.6 Å². The number of allylic oxidation sites excluding steroid dienone is 1. The van der Waals surface area contributed by atoms with Gasteiger partial charge < -0.3 is 5.32 Å². The molecule has 0 saturated heterocycles. The molecule has 0 amide bonds. The third kappa shape index (κ3) is 2.21. The molecular formula is C10H15N3. The molecule has 0 atom stereocenters. The summed E-state index contributed by atoms with van der Waals surface area (Å²) in [5.41, 5.74) is 1.90. The summed E-state index contributed by atoms with van der Waals surface area (Å²) < 4.78 is 1.80. The Bertz CT molecular complexity index is 323. The van der Waals surface area contributed by atoms with E-state index in [1.807, 2.05) is 26.1 Å². The Balaban J connectivity index is 2.83. The molecule has 1 heterocycles. The monoisotopic (exact) mass is 177 g/mol. The van der Waals surface area contributed by atoms with Crippen molar-refractivity contribution in [1.82, 2.24) is 9.78 Å². The maximum absolute atomic E-state index is 4.28. The van der Waals surface area contributed by atoms with Crippen molar-refractivity contribution in [1.29, 1.82) is 0 Å². The fraction of sp³-hybridized carbons (Fsp3) is 0.300. The SMILES string of the molecule is C=CCNc1cc(C(=C)C)nn1C. The van der Waals surface area contributed by atoms with Gasteiger partial charge in [0.15, 0.2) is 0 Å². The highest BCUT2D eigenvalue weighted by Gasteiger charge is 2.03. The Kier molecular flexibility index (Phi) is 2.90. The Morgan fingerprint density at radius 3 is 2.92 bits per heavy atom. The molecule has 0 radical (unpaired) electrons. The molecule has 0 unspecified atom stereocenters. The zero-order valence-electron chi connectivity index (χ0n) is 8.17. The highest BCUT2D eigenvalue weighted by atomic mass is 15.3. The zero-order valence-corrected chi connectivity index (χ0v) is 8.17. The minimum atomic E-state index is 0.745. The molecule has 0 aliphatic heterocycles. The summed E-state index contributed by atoms with van der Waals surface area (Å²) >= 11 is 0. The lowest BCUT2D eigenvalue weighted by atomic mass is 10.2. The van der Waals surface area contributed by atoms with E-state index in [1.54, 1.807) is 4.68 Å². The van der Waals surface area contributed by atoms with E-state index < -0.39 is 0 Å². The molecule has 13 heavy (non-hydrogen) atoms. The normalized spacial score (nSPS) is 9.69. The second-order valence-corrected chi connectivity index (χ2v) is 2.99. The molecule has 0 fully saturated rings. The standard InChI is InChI=1S/C10H15N3/c1-5-6-11-10-7-9(8(2)3)12-13(10)4/h5,7,11H,1-2,6H2,3-4H3. The maximum atomic E-state index is 4.28. The molecule has 70 valence electrons. The quantitative estimate of drug-likeness (QED) is 0.713. The van der Waals surface area contributed by atoms with Crippen LogP contribution in [-0.4, -0.2) is 16.3 Å². The Hall–Kier alpha value is -1.51. The van der Waals surface area contributed by atoms with Crippen molar-refractivity contribution in [3.05, 3.63) is 31.0 Å². The van der Waals surface area contributed by atoms with Crippen LogP contribution in [-0.2, 0) is 7.05 Å². The number of nitrogens with one attached hydrogen (secondary N) is 1. The molecule has 0 saturated carbocycles. The highest BCUT2D eigenvalue weighted by Crippen LogP contribution is 2.14. The minimum Gasteiger partial charge on any atom is -0.367 e. The number of hydrogen-bond donors (Lipinski definition) is 1. The van der Waals surface area contributed by atoms with E-state index in [1.165, 1.54) is 0 Å². The van der Waals surface area contributed by atoms with Crippen molar-refractivity contribution in [2.45, 2.75) is 6.92 Å². The molecule has 0 bridgehead atoms. The molecule has 0 spiro atoms. The molecule has 1 rings (SSSR count). The highest BCUT2D eigenvalue weighted by molar-refractivity contribution is 5.61. The lowest BCUT2D eigenvalue weighted by molar-refractivity contribution is 0.768. The van der Waals surface area contributed by atoms with Crippen molar-refractivity contribution in [2.75, 3.05) is 11.9 Å². The predicted octanol–water partition coefficient (Wildman–Crippen LogP) is 2.05. The number of aryl methyl sites for hydroxylation is 1. The third-order valence-electron chi connectivity index (χ3n) is 1.74. The molecule has 1 aromatic rings. The molecule has 0 aliphatic rings. The second kappa shape index (κ2) is 3.94. The molecule has 3 heteroatoms. The Morgan fingerprint density at radius 1 is 1.77 bits per heavy atom. The molecule has 0 aliphatic carbocycles. The Morgan fingerprint density at radius 2 is 2.46 bits per heavy atom. The second-order valence-electron chi connectivity index (χ2n) is 2.99. The summed E-state index contributed by atoms with van der Waals surface area (Å²) in [6, 6.07) is 1.98. The smallest absolute Gasteiger partial charge is 0.124 e. The van der Waals surface area contributed by atoms with E-state index >= 15 is 0 Å². The van der Waals surface area contributed by atoms with Crippen LogP contribution in [0.1, 0.15) is 12.6 Å². The zero-order chi connectivity index (χ0) is 9.84. The van der Waals surface area contributed by atoms with Crippen LogP contribution in [0.25, 0.3) is 5.57 Å². The first-order valence-electron chi connectivity index (χ1n) is 4.20. The van der Waals surface area contributed by atoms with Crippen LogP contribution in [0, 0.1) is 0 Å². The van der Waals surface area contributed by atoms with Crippen molar-refractivity contribution in [3.8, 4) is 0 Å². The van der Waals surface area contributed by atoms with Crippen LogP contribution >= 0.6 is 0 Å². The van der Waals surface area contributed by atoms with Crippen LogP contribution < -0.4 is 5.32 Å². The van der Waals surface area contributed by atoms with E-state index in [4.69, 9.17) is 0 Å². The van der Waals surface area contributed by atoms with Crippen molar-refractivity contribution >= 4 is 11.4 Å². The van der Waals surface area contributed by atoms with Gasteiger partial charge in [-0.2, -0.15) is 5.10 Å². The topological polar surface area (TPSA) is 29.9 Å². The summed E-state index contributed by atoms with van der Waals surface area (Å²) in [5, 5.41) is 7.46. The van der Waals surface area contributed by atoms with E-state index in [9.17, 15) is 0 Å². The first kappa shape index (κ1) is 9.58. The van der Waals surface area contributed by atoms with Gasteiger partial charge in [0.25, 0.3) is 0 Å². The van der Waals surface area contributed by atoms with Crippen LogP contribution in [0.15, 0.2) is 25.3 Å². The van der Waals surface area contributed by atoms with Crippen LogP contribution in [0.2, 0.25) is 0 Å². The number of hydrogen-bond acceptors (Lipinski definition) is 2. The minimum absolute atomic E-state index is 0.745. The lowest BCUT2D eigenvalue weighted by Crippen LogP contribution is -2.03. The van der Waals surface area contributed by atoms with Gasteiger partial charge in [0, 0.05) is 19.7 Å². The lowest BCUT2D eigenvalue weighted by Gasteiger charge is -2.00. The average molecular weight is 177 g/mol. The van der Waals surface area contributed by atoms with Gasteiger partial charge >= 0.3 is 0 Å². The van der Waals surface area contributed by atoms with E-state index in [-0.39, 0.29) is 0 Å². The van der Waals surface area contributed by atoms with Gasteiger partial charge in [0.1, 0.15) is 5.82 Å². The van der Waals surface area contributed by atoms with Gasteiger partial charge in [-0.25, -0.2) is 0 Å². The molecule has 1 aromatic heterocycles. The van der Waals surface area contributed by atoms with Gasteiger partial charge in [0.2, 0.25) is 0 Å². The van der Waals surface area contributed by atoms with Crippen LogP contribution in [0.5, 0.6) is 0 Å². The largest absolute Gasteiger partial charge is 0.367 e. The number of aromatic nitrogens is 2. The fourth-order valence-electron chi connectivity index (χ4n) is 1.02. The fourth-order valence-corrected chi connectivity index (χ4v) is 1.02. The van der Waals surface area contributed by atoms with Gasteiger partial charge in [0.05, 0.1) is 5.69 Å². The number of nitrogens with zero attached hydrogens (tertiary/aromatic N) is 2. The molecule has 3 nitrogen and oxygen atoms in total. The van der Waals surface area contributed by atoms with Crippen molar-refractivity contribution < 1.29 is 0 Å². The average Bonchev–Trinajstić information content (AvgIpc) is 2.44. The summed E-state index contributed by atoms with van der Waals surface area (Å²) in [6.45, 7) is 10.2. The maximum Gasteiger partial charge on any atom is 0.124 e. The number of rotatable bonds is 4. The van der Waals surface area contributed by atoms with Crippen LogP contribution in [0.3, 0.4) is 0 Å². The first-order valence-corrected chi connectivity index (χ1v) is 4.20. The van der Waals surface area contributed by atoms with Gasteiger partial charge in [-0.1, -0.05) is 12.7 Å². The van der Waals surface area contributed by atoms with E-state index in [0.29, 0.717) is 0 Å². The summed E-state index contributed by atoms with van der Waals surface area (Å²) in [5.74, 6) is 0.984. The summed E-state index contributed by atoms with van der Waals surface area (Å²) in [6.07, 6.45) is 1.81. The Labute approximate surface area is 78.8 Å².